The van der Waals surface area contributed by atoms with E-state index < -0.39 is 10.0 Å². The number of carbonyl (C=O) groups excluding carboxylic acids is 1. The van der Waals surface area contributed by atoms with Gasteiger partial charge in [0.15, 0.2) is 0 Å². The molecule has 0 radical (unpaired) electrons. The Morgan fingerprint density at radius 1 is 0.912 bits per heavy atom. The van der Waals surface area contributed by atoms with Crippen molar-refractivity contribution in [3.05, 3.63) is 89.2 Å². The van der Waals surface area contributed by atoms with Crippen LogP contribution in [0.1, 0.15) is 48.9 Å². The van der Waals surface area contributed by atoms with E-state index >= 15 is 0 Å². The van der Waals surface area contributed by atoms with Gasteiger partial charge in [0.2, 0.25) is 15.9 Å². The third-order valence-electron chi connectivity index (χ3n) is 5.78. The lowest BCUT2D eigenvalue weighted by Crippen LogP contribution is -2.33. The summed E-state index contributed by atoms with van der Waals surface area (Å²) in [4.78, 5) is 16.5. The molecule has 0 fully saturated rings. The number of amides is 1. The minimum atomic E-state index is -3.47. The Bertz CT molecular complexity index is 1170. The number of sulfonamides is 1. The van der Waals surface area contributed by atoms with Gasteiger partial charge >= 0.3 is 0 Å². The SMILES string of the molecule is CCc1cccc(CC)c1N(CCCC(=O)Nc1ccc(Cc2ccncc2)cc1)S(C)(=O)=O. The van der Waals surface area contributed by atoms with Crippen LogP contribution in [0.3, 0.4) is 0 Å². The number of aryl methyl sites for hydroxylation is 2. The highest BCUT2D eigenvalue weighted by Gasteiger charge is 2.22. The maximum Gasteiger partial charge on any atom is 0.232 e. The van der Waals surface area contributed by atoms with Gasteiger partial charge in [-0.3, -0.25) is 14.1 Å². The van der Waals surface area contributed by atoms with Crippen LogP contribution in [0, 0.1) is 0 Å². The fraction of sp³-hybridized carbons (Fsp3) is 0.333. The van der Waals surface area contributed by atoms with Crippen molar-refractivity contribution in [3.8, 4) is 0 Å². The van der Waals surface area contributed by atoms with E-state index in [1.165, 1.54) is 16.1 Å². The van der Waals surface area contributed by atoms with Crippen molar-refractivity contribution in [2.45, 2.75) is 46.0 Å². The van der Waals surface area contributed by atoms with Gasteiger partial charge in [-0.1, -0.05) is 44.2 Å². The molecule has 0 unspecified atom stereocenters. The van der Waals surface area contributed by atoms with E-state index in [0.29, 0.717) is 6.42 Å². The Morgan fingerprint density at radius 2 is 1.50 bits per heavy atom. The molecular weight excluding hydrogens is 446 g/mol. The summed E-state index contributed by atoms with van der Waals surface area (Å²) in [5.41, 5.74) is 5.82. The Labute approximate surface area is 203 Å². The zero-order valence-corrected chi connectivity index (χ0v) is 20.9. The van der Waals surface area contributed by atoms with Crippen molar-refractivity contribution in [3.63, 3.8) is 0 Å². The van der Waals surface area contributed by atoms with Crippen molar-refractivity contribution in [1.82, 2.24) is 4.98 Å². The molecule has 1 aromatic heterocycles. The smallest absolute Gasteiger partial charge is 0.232 e. The first-order valence-electron chi connectivity index (χ1n) is 11.7. The van der Waals surface area contributed by atoms with Crippen LogP contribution in [0.5, 0.6) is 0 Å². The number of carbonyl (C=O) groups is 1. The number of para-hydroxylation sites is 1. The summed E-state index contributed by atoms with van der Waals surface area (Å²) in [5, 5.41) is 2.91. The van der Waals surface area contributed by atoms with E-state index in [0.717, 1.165) is 47.3 Å². The largest absolute Gasteiger partial charge is 0.326 e. The molecule has 3 rings (SSSR count). The fourth-order valence-corrected chi connectivity index (χ4v) is 5.05. The average Bonchev–Trinajstić information content (AvgIpc) is 2.82. The van der Waals surface area contributed by atoms with Crippen LogP contribution in [0.15, 0.2) is 67.0 Å². The standard InChI is InChI=1S/C27H33N3O3S/c1-4-23-8-6-9-24(5-2)27(23)30(34(3,32)33)19-7-10-26(31)29-25-13-11-21(12-14-25)20-22-15-17-28-18-16-22/h6,8-9,11-18H,4-5,7,10,19-20H2,1-3H3,(H,29,31). The van der Waals surface area contributed by atoms with E-state index in [1.807, 2.05) is 68.4 Å². The van der Waals surface area contributed by atoms with Gasteiger partial charge in [0, 0.05) is 31.0 Å². The molecule has 1 amide bonds. The minimum absolute atomic E-state index is 0.130. The molecule has 2 aromatic carbocycles. The Hall–Kier alpha value is -3.19. The molecule has 34 heavy (non-hydrogen) atoms. The van der Waals surface area contributed by atoms with E-state index in [-0.39, 0.29) is 18.9 Å². The quantitative estimate of drug-likeness (QED) is 0.421. The van der Waals surface area contributed by atoms with Crippen molar-refractivity contribution in [2.24, 2.45) is 0 Å². The Kier molecular flexibility index (Phi) is 8.82. The predicted octanol–water partition coefficient (Wildman–Crippen LogP) is 4.98. The van der Waals surface area contributed by atoms with Crippen LogP contribution in [-0.4, -0.2) is 32.1 Å². The molecule has 0 bridgehead atoms. The van der Waals surface area contributed by atoms with Gasteiger partial charge < -0.3 is 5.32 Å². The molecule has 1 N–H and O–H groups in total. The maximum absolute atomic E-state index is 12.6. The van der Waals surface area contributed by atoms with Crippen LogP contribution in [-0.2, 0) is 34.1 Å². The summed E-state index contributed by atoms with van der Waals surface area (Å²) in [5.74, 6) is -0.130. The average molecular weight is 480 g/mol. The molecule has 7 heteroatoms. The second kappa shape index (κ2) is 11.8. The molecule has 180 valence electrons. The number of benzene rings is 2. The van der Waals surface area contributed by atoms with Gasteiger partial charge in [-0.2, -0.15) is 0 Å². The lowest BCUT2D eigenvalue weighted by atomic mass is 10.0. The molecular formula is C27H33N3O3S. The number of hydrogen-bond acceptors (Lipinski definition) is 4. The molecule has 0 aliphatic heterocycles. The van der Waals surface area contributed by atoms with Crippen molar-refractivity contribution in [1.29, 1.82) is 0 Å². The van der Waals surface area contributed by atoms with Crippen LogP contribution in [0.25, 0.3) is 0 Å². The summed E-state index contributed by atoms with van der Waals surface area (Å²) in [6, 6.07) is 17.7. The Balaban J connectivity index is 1.60. The normalized spacial score (nSPS) is 11.3. The van der Waals surface area contributed by atoms with Gasteiger partial charge in [0.1, 0.15) is 0 Å². The molecule has 6 nitrogen and oxygen atoms in total. The lowest BCUT2D eigenvalue weighted by Gasteiger charge is -2.27. The highest BCUT2D eigenvalue weighted by Crippen LogP contribution is 2.29. The summed E-state index contributed by atoms with van der Waals surface area (Å²) in [6.07, 6.45) is 7.74. The number of nitrogens with zero attached hydrogens (tertiary/aromatic N) is 2. The lowest BCUT2D eigenvalue weighted by molar-refractivity contribution is -0.116. The number of aromatic nitrogens is 1. The van der Waals surface area contributed by atoms with Gasteiger partial charge in [0.25, 0.3) is 0 Å². The number of hydrogen-bond donors (Lipinski definition) is 1. The summed E-state index contributed by atoms with van der Waals surface area (Å²) >= 11 is 0. The van der Waals surface area contributed by atoms with Gasteiger partial charge in [-0.15, -0.1) is 0 Å². The second-order valence-electron chi connectivity index (χ2n) is 8.35. The summed E-state index contributed by atoms with van der Waals surface area (Å²) < 4.78 is 26.7. The highest BCUT2D eigenvalue weighted by atomic mass is 32.2. The first kappa shape index (κ1) is 25.4. The number of nitrogens with one attached hydrogen (secondary N) is 1. The summed E-state index contributed by atoms with van der Waals surface area (Å²) in [6.45, 7) is 4.31. The van der Waals surface area contributed by atoms with E-state index in [2.05, 4.69) is 10.3 Å². The van der Waals surface area contributed by atoms with Crippen LogP contribution >= 0.6 is 0 Å². The molecule has 0 saturated carbocycles. The monoisotopic (exact) mass is 479 g/mol. The molecule has 1 heterocycles. The minimum Gasteiger partial charge on any atom is -0.326 e. The maximum atomic E-state index is 12.6. The zero-order chi connectivity index (χ0) is 24.6. The Morgan fingerprint density at radius 3 is 2.06 bits per heavy atom. The van der Waals surface area contributed by atoms with Crippen LogP contribution < -0.4 is 9.62 Å². The van der Waals surface area contributed by atoms with Crippen LogP contribution in [0.2, 0.25) is 0 Å². The zero-order valence-electron chi connectivity index (χ0n) is 20.1. The van der Waals surface area contributed by atoms with E-state index in [9.17, 15) is 13.2 Å². The van der Waals surface area contributed by atoms with Gasteiger partial charge in [-0.05, 0) is 72.2 Å². The molecule has 0 saturated heterocycles. The van der Waals surface area contributed by atoms with Crippen molar-refractivity contribution < 1.29 is 13.2 Å². The molecule has 0 aliphatic rings. The fourth-order valence-electron chi connectivity index (χ4n) is 4.03. The van der Waals surface area contributed by atoms with Crippen LogP contribution in [0.4, 0.5) is 11.4 Å². The van der Waals surface area contributed by atoms with Crippen molar-refractivity contribution in [2.75, 3.05) is 22.4 Å². The molecule has 0 spiro atoms. The van der Waals surface area contributed by atoms with Gasteiger partial charge in [0.05, 0.1) is 11.9 Å². The van der Waals surface area contributed by atoms with Gasteiger partial charge in [-0.25, -0.2) is 8.42 Å². The molecule has 3 aromatic rings. The summed E-state index contributed by atoms with van der Waals surface area (Å²) in [7, 11) is -3.47. The third-order valence-corrected chi connectivity index (χ3v) is 6.94. The second-order valence-corrected chi connectivity index (χ2v) is 10.3. The molecule has 0 aliphatic carbocycles. The number of pyridine rings is 1. The van der Waals surface area contributed by atoms with E-state index in [1.54, 1.807) is 12.4 Å². The van der Waals surface area contributed by atoms with E-state index in [4.69, 9.17) is 0 Å². The topological polar surface area (TPSA) is 79.4 Å². The third kappa shape index (κ3) is 6.90. The molecule has 0 atom stereocenters. The predicted molar refractivity (Wildman–Crippen MR) is 139 cm³/mol. The highest BCUT2D eigenvalue weighted by molar-refractivity contribution is 7.92. The first-order chi connectivity index (χ1) is 16.3. The number of rotatable bonds is 11. The van der Waals surface area contributed by atoms with Crippen molar-refractivity contribution >= 4 is 27.3 Å². The number of anilines is 2. The first-order valence-corrected chi connectivity index (χ1v) is 13.5.